The highest BCUT2D eigenvalue weighted by Crippen LogP contribution is 2.19. The zero-order valence-electron chi connectivity index (χ0n) is 12.6. The number of amides is 2. The summed E-state index contributed by atoms with van der Waals surface area (Å²) in [5.74, 6) is -1.59. The average Bonchev–Trinajstić information content (AvgIpc) is 2.57. The van der Waals surface area contributed by atoms with Gasteiger partial charge in [-0.1, -0.05) is 59.6 Å². The fourth-order valence-electron chi connectivity index (χ4n) is 1.86. The first-order valence-corrected chi connectivity index (χ1v) is 7.92. The highest BCUT2D eigenvalue weighted by atomic mass is 35.5. The van der Waals surface area contributed by atoms with Crippen LogP contribution in [0, 0.1) is 0 Å². The second-order valence-electron chi connectivity index (χ2n) is 4.86. The Bertz CT molecular complexity index is 749. The maximum absolute atomic E-state index is 11.6. The molecule has 2 amide bonds. The Morgan fingerprint density at radius 1 is 1.04 bits per heavy atom. The Hall–Kier alpha value is -2.37. The lowest BCUT2D eigenvalue weighted by Crippen LogP contribution is -2.38. The number of carbonyl (C=O) groups is 2. The van der Waals surface area contributed by atoms with Gasteiger partial charge in [-0.2, -0.15) is 5.10 Å². The van der Waals surface area contributed by atoms with Gasteiger partial charge in [0.05, 0.1) is 11.2 Å². The van der Waals surface area contributed by atoms with Crippen LogP contribution < -0.4 is 10.7 Å². The number of rotatable bonds is 5. The number of hydrogen-bond donors (Lipinski definition) is 2. The molecule has 0 saturated carbocycles. The molecule has 0 aliphatic rings. The van der Waals surface area contributed by atoms with Crippen LogP contribution in [0.4, 0.5) is 0 Å². The van der Waals surface area contributed by atoms with E-state index in [1.165, 1.54) is 6.21 Å². The van der Waals surface area contributed by atoms with Gasteiger partial charge < -0.3 is 5.32 Å². The molecule has 0 saturated heterocycles. The molecule has 2 aromatic rings. The van der Waals surface area contributed by atoms with Crippen LogP contribution in [0.15, 0.2) is 53.6 Å². The van der Waals surface area contributed by atoms with Crippen molar-refractivity contribution in [2.75, 3.05) is 6.54 Å². The van der Waals surface area contributed by atoms with E-state index in [4.69, 9.17) is 23.2 Å². The number of nitrogens with one attached hydrogen (secondary N) is 2. The van der Waals surface area contributed by atoms with Crippen molar-refractivity contribution < 1.29 is 9.59 Å². The maximum atomic E-state index is 11.6. The third kappa shape index (κ3) is 5.68. The summed E-state index contributed by atoms with van der Waals surface area (Å²) in [5.41, 5.74) is 3.80. The molecule has 0 fully saturated rings. The number of hydrogen-bond acceptors (Lipinski definition) is 3. The Balaban J connectivity index is 1.77. The van der Waals surface area contributed by atoms with Gasteiger partial charge in [-0.05, 0) is 24.1 Å². The molecule has 0 spiro atoms. The number of benzene rings is 2. The van der Waals surface area contributed by atoms with E-state index in [0.717, 1.165) is 5.56 Å². The minimum atomic E-state index is -0.843. The zero-order valence-corrected chi connectivity index (χ0v) is 14.1. The van der Waals surface area contributed by atoms with Gasteiger partial charge in [0, 0.05) is 17.1 Å². The van der Waals surface area contributed by atoms with Gasteiger partial charge in [0.1, 0.15) is 0 Å². The smallest absolute Gasteiger partial charge is 0.329 e. The van der Waals surface area contributed by atoms with Crippen LogP contribution in [0.3, 0.4) is 0 Å². The second kappa shape index (κ2) is 9.05. The molecule has 2 N–H and O–H groups in total. The summed E-state index contributed by atoms with van der Waals surface area (Å²) in [6.45, 7) is 0.364. The molecule has 7 heteroatoms. The summed E-state index contributed by atoms with van der Waals surface area (Å²) < 4.78 is 0. The summed E-state index contributed by atoms with van der Waals surface area (Å²) >= 11 is 11.8. The topological polar surface area (TPSA) is 70.6 Å². The maximum Gasteiger partial charge on any atom is 0.329 e. The molecule has 0 bridgehead atoms. The lowest BCUT2D eigenvalue weighted by molar-refractivity contribution is -0.139. The van der Waals surface area contributed by atoms with Crippen LogP contribution in [0.25, 0.3) is 0 Å². The van der Waals surface area contributed by atoms with Gasteiger partial charge >= 0.3 is 11.8 Å². The van der Waals surface area contributed by atoms with Gasteiger partial charge in [0.15, 0.2) is 0 Å². The van der Waals surface area contributed by atoms with E-state index in [1.807, 2.05) is 30.3 Å². The highest BCUT2D eigenvalue weighted by molar-refractivity contribution is 6.36. The third-order valence-corrected chi connectivity index (χ3v) is 3.64. The number of halogens is 2. The molecule has 0 unspecified atom stereocenters. The van der Waals surface area contributed by atoms with E-state index >= 15 is 0 Å². The third-order valence-electron chi connectivity index (χ3n) is 3.08. The molecule has 2 rings (SSSR count). The fraction of sp³-hybridized carbons (Fsp3) is 0.118. The molecule has 2 aromatic carbocycles. The number of carbonyl (C=O) groups excluding carboxylic acids is 2. The van der Waals surface area contributed by atoms with E-state index in [-0.39, 0.29) is 0 Å². The van der Waals surface area contributed by atoms with Crippen LogP contribution in [0.1, 0.15) is 11.1 Å². The van der Waals surface area contributed by atoms with Gasteiger partial charge in [-0.3, -0.25) is 9.59 Å². The Labute approximate surface area is 149 Å². The SMILES string of the molecule is O=C(NCCc1ccccc1)C(=O)NN=Cc1ccc(Cl)cc1Cl. The minimum absolute atomic E-state index is 0.364. The van der Waals surface area contributed by atoms with Crippen LogP contribution in [0.2, 0.25) is 10.0 Å². The first kappa shape index (κ1) is 18.0. The molecule has 0 aromatic heterocycles. The van der Waals surface area contributed by atoms with Gasteiger partial charge in [-0.15, -0.1) is 0 Å². The zero-order chi connectivity index (χ0) is 17.4. The van der Waals surface area contributed by atoms with E-state index in [1.54, 1.807) is 18.2 Å². The number of nitrogens with zero attached hydrogens (tertiary/aromatic N) is 1. The largest absolute Gasteiger partial charge is 0.347 e. The van der Waals surface area contributed by atoms with Gasteiger partial charge in [-0.25, -0.2) is 5.43 Å². The van der Waals surface area contributed by atoms with Crippen molar-refractivity contribution in [3.8, 4) is 0 Å². The summed E-state index contributed by atoms with van der Waals surface area (Å²) in [7, 11) is 0. The molecule has 0 aliphatic carbocycles. The summed E-state index contributed by atoms with van der Waals surface area (Å²) in [6.07, 6.45) is 1.98. The molecule has 0 aliphatic heterocycles. The van der Waals surface area contributed by atoms with Crippen molar-refractivity contribution in [1.82, 2.24) is 10.7 Å². The van der Waals surface area contributed by atoms with E-state index in [9.17, 15) is 9.59 Å². The fourth-order valence-corrected chi connectivity index (χ4v) is 2.32. The van der Waals surface area contributed by atoms with E-state index in [2.05, 4.69) is 15.8 Å². The van der Waals surface area contributed by atoms with Crippen molar-refractivity contribution in [3.05, 3.63) is 69.7 Å². The lowest BCUT2D eigenvalue weighted by atomic mass is 10.1. The first-order valence-electron chi connectivity index (χ1n) is 7.16. The molecule has 0 atom stereocenters. The molecule has 24 heavy (non-hydrogen) atoms. The van der Waals surface area contributed by atoms with Crippen LogP contribution in [-0.4, -0.2) is 24.6 Å². The summed E-state index contributed by atoms with van der Waals surface area (Å²) in [4.78, 5) is 23.3. The predicted molar refractivity (Wildman–Crippen MR) is 95.4 cm³/mol. The lowest BCUT2D eigenvalue weighted by Gasteiger charge is -2.04. The summed E-state index contributed by atoms with van der Waals surface area (Å²) in [6, 6.07) is 14.5. The molecule has 5 nitrogen and oxygen atoms in total. The average molecular weight is 364 g/mol. The van der Waals surface area contributed by atoms with E-state index < -0.39 is 11.8 Å². The van der Waals surface area contributed by atoms with Crippen molar-refractivity contribution >= 4 is 41.2 Å². The molecular weight excluding hydrogens is 349 g/mol. The molecule has 0 heterocycles. The predicted octanol–water partition coefficient (Wildman–Crippen LogP) is 2.80. The molecule has 124 valence electrons. The monoisotopic (exact) mass is 363 g/mol. The van der Waals surface area contributed by atoms with Crippen molar-refractivity contribution in [3.63, 3.8) is 0 Å². The molecule has 0 radical (unpaired) electrons. The second-order valence-corrected chi connectivity index (χ2v) is 5.70. The summed E-state index contributed by atoms with van der Waals surface area (Å²) in [5, 5.41) is 7.13. The standard InChI is InChI=1S/C17H15Cl2N3O2/c18-14-7-6-13(15(19)10-14)11-21-22-17(24)16(23)20-9-8-12-4-2-1-3-5-12/h1-7,10-11H,8-9H2,(H,20,23)(H,22,24). The van der Waals surface area contributed by atoms with Crippen molar-refractivity contribution in [2.24, 2.45) is 5.10 Å². The van der Waals surface area contributed by atoms with Crippen molar-refractivity contribution in [1.29, 1.82) is 0 Å². The van der Waals surface area contributed by atoms with Crippen LogP contribution >= 0.6 is 23.2 Å². The quantitative estimate of drug-likeness (QED) is 0.487. The van der Waals surface area contributed by atoms with Gasteiger partial charge in [0.2, 0.25) is 0 Å². The van der Waals surface area contributed by atoms with Crippen LogP contribution in [0.5, 0.6) is 0 Å². The number of hydrazone groups is 1. The first-order chi connectivity index (χ1) is 11.6. The Morgan fingerprint density at radius 3 is 2.50 bits per heavy atom. The Morgan fingerprint density at radius 2 is 1.79 bits per heavy atom. The molecular formula is C17H15Cl2N3O2. The van der Waals surface area contributed by atoms with Crippen molar-refractivity contribution in [2.45, 2.75) is 6.42 Å². The minimum Gasteiger partial charge on any atom is -0.347 e. The van der Waals surface area contributed by atoms with Crippen LogP contribution in [-0.2, 0) is 16.0 Å². The van der Waals surface area contributed by atoms with E-state index in [0.29, 0.717) is 28.6 Å². The highest BCUT2D eigenvalue weighted by Gasteiger charge is 2.11. The normalized spacial score (nSPS) is 10.6. The Kier molecular flexibility index (Phi) is 6.78. The van der Waals surface area contributed by atoms with Gasteiger partial charge in [0.25, 0.3) is 0 Å².